The summed E-state index contributed by atoms with van der Waals surface area (Å²) < 4.78 is 17.2. The van der Waals surface area contributed by atoms with Gasteiger partial charge in [-0.05, 0) is 89.9 Å². The summed E-state index contributed by atoms with van der Waals surface area (Å²) in [5.41, 5.74) is 0. The Labute approximate surface area is 361 Å². The first kappa shape index (κ1) is 55.5. The van der Waals surface area contributed by atoms with Gasteiger partial charge >= 0.3 is 17.9 Å². The number of hydrogen-bond acceptors (Lipinski definition) is 6. The summed E-state index contributed by atoms with van der Waals surface area (Å²) in [6.07, 6.45) is 53.4. The molecule has 0 amide bonds. The number of allylic oxidation sites excluding steroid dienone is 14. The van der Waals surface area contributed by atoms with Crippen LogP contribution in [0.5, 0.6) is 0 Å². The van der Waals surface area contributed by atoms with Gasteiger partial charge in [-0.2, -0.15) is 0 Å². The molecule has 0 saturated heterocycles. The lowest BCUT2D eigenvalue weighted by Crippen LogP contribution is -2.50. The molecule has 0 aromatic carbocycles. The normalized spacial score (nSPS) is 13.7. The number of aliphatic carboxylic acids is 1. The van der Waals surface area contributed by atoms with Crippen molar-refractivity contribution in [3.63, 3.8) is 0 Å². The maximum atomic E-state index is 12.7. The Morgan fingerprint density at radius 2 is 0.949 bits per heavy atom. The number of carboxylic acid groups (broad SMARTS) is 1. The molecule has 0 rings (SSSR count). The summed E-state index contributed by atoms with van der Waals surface area (Å²) >= 11 is 0. The zero-order valence-corrected chi connectivity index (χ0v) is 38.2. The van der Waals surface area contributed by atoms with Crippen molar-refractivity contribution in [2.24, 2.45) is 0 Å². The van der Waals surface area contributed by atoms with Crippen molar-refractivity contribution in [2.45, 2.75) is 180 Å². The molecule has 0 heterocycles. The molecule has 2 unspecified atom stereocenters. The molecule has 0 aliphatic carbocycles. The maximum Gasteiger partial charge on any atom is 0.362 e. The molecule has 0 aromatic rings. The molecule has 0 aliphatic heterocycles. The van der Waals surface area contributed by atoms with Crippen molar-refractivity contribution in [3.05, 3.63) is 85.1 Å². The fourth-order valence-corrected chi connectivity index (χ4v) is 6.21. The number of carbonyl (C=O) groups is 3. The fraction of sp³-hybridized carbons (Fsp3) is 0.667. The van der Waals surface area contributed by atoms with E-state index in [4.69, 9.17) is 14.2 Å². The van der Waals surface area contributed by atoms with Crippen LogP contribution in [-0.4, -0.2) is 80.6 Å². The van der Waals surface area contributed by atoms with Crippen LogP contribution in [0.1, 0.15) is 168 Å². The van der Waals surface area contributed by atoms with Gasteiger partial charge in [0.25, 0.3) is 0 Å². The molecular formula is C51H86NO7+. The van der Waals surface area contributed by atoms with Gasteiger partial charge in [-0.3, -0.25) is 9.59 Å². The molecule has 0 aromatic heterocycles. The van der Waals surface area contributed by atoms with Crippen molar-refractivity contribution >= 4 is 17.9 Å². The van der Waals surface area contributed by atoms with Crippen molar-refractivity contribution < 1.29 is 38.2 Å². The second-order valence-corrected chi connectivity index (χ2v) is 16.3. The van der Waals surface area contributed by atoms with E-state index in [1.165, 1.54) is 25.7 Å². The van der Waals surface area contributed by atoms with Crippen molar-refractivity contribution in [1.82, 2.24) is 0 Å². The quantitative estimate of drug-likeness (QED) is 0.0284. The average Bonchev–Trinajstić information content (AvgIpc) is 3.19. The highest BCUT2D eigenvalue weighted by molar-refractivity contribution is 5.72. The van der Waals surface area contributed by atoms with E-state index in [1.807, 2.05) is 21.1 Å². The predicted molar refractivity (Wildman–Crippen MR) is 247 cm³/mol. The van der Waals surface area contributed by atoms with Crippen LogP contribution in [0.2, 0.25) is 0 Å². The van der Waals surface area contributed by atoms with E-state index in [0.29, 0.717) is 19.3 Å². The molecule has 8 nitrogen and oxygen atoms in total. The summed E-state index contributed by atoms with van der Waals surface area (Å²) in [5, 5.41) is 9.63. The zero-order chi connectivity index (χ0) is 43.5. The first-order chi connectivity index (χ1) is 28.6. The minimum Gasteiger partial charge on any atom is -0.477 e. The van der Waals surface area contributed by atoms with Gasteiger partial charge in [-0.1, -0.05) is 144 Å². The highest BCUT2D eigenvalue weighted by atomic mass is 16.6. The van der Waals surface area contributed by atoms with Crippen molar-refractivity contribution in [2.75, 3.05) is 41.0 Å². The fourth-order valence-electron chi connectivity index (χ4n) is 6.21. The predicted octanol–water partition coefficient (Wildman–Crippen LogP) is 12.9. The lowest BCUT2D eigenvalue weighted by atomic mass is 10.1. The second kappa shape index (κ2) is 41.3. The van der Waals surface area contributed by atoms with Crippen LogP contribution in [-0.2, 0) is 28.6 Å². The molecule has 0 bridgehead atoms. The van der Waals surface area contributed by atoms with Crippen LogP contribution in [0.15, 0.2) is 85.1 Å². The van der Waals surface area contributed by atoms with Gasteiger partial charge in [-0.15, -0.1) is 0 Å². The van der Waals surface area contributed by atoms with Gasteiger partial charge in [0, 0.05) is 19.3 Å². The highest BCUT2D eigenvalue weighted by Gasteiger charge is 2.31. The Kier molecular flexibility index (Phi) is 38.8. The van der Waals surface area contributed by atoms with E-state index in [0.717, 1.165) is 109 Å². The van der Waals surface area contributed by atoms with E-state index < -0.39 is 18.1 Å². The third-order valence-corrected chi connectivity index (χ3v) is 9.78. The number of ether oxygens (including phenoxy) is 3. The number of hydrogen-bond donors (Lipinski definition) is 1. The third-order valence-electron chi connectivity index (χ3n) is 9.78. The lowest BCUT2D eigenvalue weighted by molar-refractivity contribution is -0.887. The zero-order valence-electron chi connectivity index (χ0n) is 38.2. The van der Waals surface area contributed by atoms with Gasteiger partial charge in [0.2, 0.25) is 0 Å². The number of carboxylic acids is 1. The molecular weight excluding hydrogens is 739 g/mol. The summed E-state index contributed by atoms with van der Waals surface area (Å²) in [6, 6.07) is -0.626. The Bertz CT molecular complexity index is 1240. The van der Waals surface area contributed by atoms with Gasteiger partial charge in [0.05, 0.1) is 34.4 Å². The molecule has 0 fully saturated rings. The Morgan fingerprint density at radius 1 is 0.525 bits per heavy atom. The van der Waals surface area contributed by atoms with Gasteiger partial charge in [0.15, 0.2) is 12.1 Å². The molecule has 2 atom stereocenters. The van der Waals surface area contributed by atoms with Crippen LogP contribution >= 0.6 is 0 Å². The minimum absolute atomic E-state index is 0.0406. The molecule has 0 spiro atoms. The number of carbonyl (C=O) groups excluding carboxylic acids is 2. The Morgan fingerprint density at radius 3 is 1.41 bits per heavy atom. The monoisotopic (exact) mass is 825 g/mol. The smallest absolute Gasteiger partial charge is 0.362 e. The Balaban J connectivity index is 4.38. The number of unbranched alkanes of at least 4 members (excludes halogenated alkanes) is 12. The molecule has 1 N–H and O–H groups in total. The molecule has 8 heteroatoms. The standard InChI is InChI=1S/C51H85NO7/c1-6-8-10-12-14-16-18-20-22-23-24-25-26-27-28-30-31-33-35-37-39-41-49(53)58-46-47(45-57-44-43-48(51(55)56)52(3,4)5)59-50(54)42-40-38-36-34-32-29-21-19-17-15-13-11-9-7-2/h9,11,14-17,20-22,24-25,27-29,47-48H,6-8,10,12-13,18-19,23,26,30-46H2,1-5H3/p+1/b11-9+,16-14+,17-15+,22-20+,25-24+,28-27+,29-21+. The first-order valence-electron chi connectivity index (χ1n) is 23.1. The van der Waals surface area contributed by atoms with Crippen molar-refractivity contribution in [3.8, 4) is 0 Å². The van der Waals surface area contributed by atoms with Gasteiger partial charge < -0.3 is 23.8 Å². The van der Waals surface area contributed by atoms with Crippen LogP contribution in [0, 0.1) is 0 Å². The van der Waals surface area contributed by atoms with Crippen molar-refractivity contribution in [1.29, 1.82) is 0 Å². The van der Waals surface area contributed by atoms with E-state index in [-0.39, 0.29) is 36.2 Å². The molecule has 0 radical (unpaired) electrons. The number of likely N-dealkylation sites (N-methyl/N-ethyl adjacent to an activating group) is 1. The molecule has 59 heavy (non-hydrogen) atoms. The van der Waals surface area contributed by atoms with E-state index in [9.17, 15) is 19.5 Å². The minimum atomic E-state index is -0.885. The van der Waals surface area contributed by atoms with Crippen LogP contribution in [0.4, 0.5) is 0 Å². The highest BCUT2D eigenvalue weighted by Crippen LogP contribution is 2.13. The molecule has 0 saturated carbocycles. The number of quaternary nitrogens is 1. The summed E-state index contributed by atoms with van der Waals surface area (Å²) in [7, 11) is 5.50. The largest absolute Gasteiger partial charge is 0.477 e. The van der Waals surface area contributed by atoms with Gasteiger partial charge in [-0.25, -0.2) is 4.79 Å². The first-order valence-corrected chi connectivity index (χ1v) is 23.1. The summed E-state index contributed by atoms with van der Waals surface area (Å²) in [4.78, 5) is 37.0. The Hall–Kier alpha value is -3.49. The number of nitrogens with zero attached hydrogens (tertiary/aromatic N) is 1. The van der Waals surface area contributed by atoms with Gasteiger partial charge in [0.1, 0.15) is 6.61 Å². The van der Waals surface area contributed by atoms with Crippen LogP contribution < -0.4 is 0 Å². The van der Waals surface area contributed by atoms with Crippen LogP contribution in [0.3, 0.4) is 0 Å². The second-order valence-electron chi connectivity index (χ2n) is 16.3. The molecule has 0 aliphatic rings. The maximum absolute atomic E-state index is 12.7. The van der Waals surface area contributed by atoms with E-state index in [1.54, 1.807) is 0 Å². The van der Waals surface area contributed by atoms with E-state index in [2.05, 4.69) is 98.9 Å². The number of esters is 2. The van der Waals surface area contributed by atoms with Crippen LogP contribution in [0.25, 0.3) is 0 Å². The SMILES string of the molecule is CC/C=C/C/C=C/C/C=C/CCCCCCC(=O)OC(COCCC(C(=O)O)[N+](C)(C)C)COC(=O)CCCCCCC/C=C/C/C=C/C/C=C/C/C=C/CCCCC. The summed E-state index contributed by atoms with van der Waals surface area (Å²) in [6.45, 7) is 4.53. The number of rotatable bonds is 40. The van der Waals surface area contributed by atoms with E-state index >= 15 is 0 Å². The molecule has 336 valence electrons. The average molecular weight is 825 g/mol. The third kappa shape index (κ3) is 39.7. The summed E-state index contributed by atoms with van der Waals surface area (Å²) in [5.74, 6) is -1.53. The topological polar surface area (TPSA) is 99.1 Å². The lowest BCUT2D eigenvalue weighted by Gasteiger charge is -2.31.